The van der Waals surface area contributed by atoms with E-state index in [-0.39, 0.29) is 11.6 Å². The van der Waals surface area contributed by atoms with E-state index in [2.05, 4.69) is 5.32 Å². The van der Waals surface area contributed by atoms with E-state index < -0.39 is 18.5 Å². The van der Waals surface area contributed by atoms with Crippen LogP contribution in [0.4, 0.5) is 0 Å². The van der Waals surface area contributed by atoms with Crippen molar-refractivity contribution in [1.29, 1.82) is 5.26 Å². The highest BCUT2D eigenvalue weighted by Gasteiger charge is 2.14. The van der Waals surface area contributed by atoms with Crippen LogP contribution < -0.4 is 5.32 Å². The number of hydrogen-bond donors (Lipinski definition) is 1. The van der Waals surface area contributed by atoms with Gasteiger partial charge >= 0.3 is 5.97 Å². The Kier molecular flexibility index (Phi) is 5.94. The van der Waals surface area contributed by atoms with Crippen molar-refractivity contribution in [3.63, 3.8) is 0 Å². The van der Waals surface area contributed by atoms with Crippen LogP contribution in [-0.2, 0) is 9.53 Å². The van der Waals surface area contributed by atoms with Gasteiger partial charge in [0, 0.05) is 5.02 Å². The Balaban J connectivity index is 1.87. The van der Waals surface area contributed by atoms with Gasteiger partial charge in [0.1, 0.15) is 0 Å². The second-order valence-electron chi connectivity index (χ2n) is 5.08. The quantitative estimate of drug-likeness (QED) is 0.846. The Labute approximate surface area is 144 Å². The molecule has 0 unspecified atom stereocenters. The summed E-state index contributed by atoms with van der Waals surface area (Å²) in [5.41, 5.74) is 1.50. The number of carbonyl (C=O) groups is 2. The predicted octanol–water partition coefficient (Wildman–Crippen LogP) is 3.25. The Bertz CT molecular complexity index is 782. The number of hydrogen-bond acceptors (Lipinski definition) is 4. The molecule has 0 heterocycles. The van der Waals surface area contributed by atoms with Crippen LogP contribution >= 0.6 is 11.6 Å². The SMILES string of the molecule is C[C@@H](NC(=O)COC(=O)c1ccc(C#N)cc1)c1ccccc1Cl. The van der Waals surface area contributed by atoms with Crippen molar-refractivity contribution in [2.24, 2.45) is 0 Å². The molecule has 2 rings (SSSR count). The maximum atomic E-state index is 11.9. The van der Waals surface area contributed by atoms with Crippen molar-refractivity contribution in [2.75, 3.05) is 6.61 Å². The molecule has 0 aliphatic heterocycles. The zero-order valence-corrected chi connectivity index (χ0v) is 13.7. The Morgan fingerprint density at radius 2 is 1.88 bits per heavy atom. The number of ether oxygens (including phenoxy) is 1. The number of nitrogens with zero attached hydrogens (tertiary/aromatic N) is 1. The minimum atomic E-state index is -0.625. The first-order chi connectivity index (χ1) is 11.5. The summed E-state index contributed by atoms with van der Waals surface area (Å²) in [4.78, 5) is 23.8. The van der Waals surface area contributed by atoms with E-state index in [0.717, 1.165) is 5.56 Å². The highest BCUT2D eigenvalue weighted by molar-refractivity contribution is 6.31. The molecular formula is C18H15ClN2O3. The Morgan fingerprint density at radius 3 is 2.50 bits per heavy atom. The lowest BCUT2D eigenvalue weighted by Crippen LogP contribution is -2.31. The minimum Gasteiger partial charge on any atom is -0.452 e. The molecule has 0 saturated heterocycles. The van der Waals surface area contributed by atoms with Gasteiger partial charge in [-0.1, -0.05) is 29.8 Å². The Hall–Kier alpha value is -2.84. The van der Waals surface area contributed by atoms with Gasteiger partial charge in [-0.3, -0.25) is 4.79 Å². The fraction of sp³-hybridized carbons (Fsp3) is 0.167. The molecule has 0 saturated carbocycles. The second-order valence-corrected chi connectivity index (χ2v) is 5.48. The van der Waals surface area contributed by atoms with E-state index in [9.17, 15) is 9.59 Å². The maximum absolute atomic E-state index is 11.9. The molecule has 0 aromatic heterocycles. The molecule has 122 valence electrons. The van der Waals surface area contributed by atoms with Crippen LogP contribution in [0.15, 0.2) is 48.5 Å². The smallest absolute Gasteiger partial charge is 0.338 e. The zero-order chi connectivity index (χ0) is 17.5. The number of esters is 1. The fourth-order valence-electron chi connectivity index (χ4n) is 2.08. The molecule has 24 heavy (non-hydrogen) atoms. The predicted molar refractivity (Wildman–Crippen MR) is 89.4 cm³/mol. The maximum Gasteiger partial charge on any atom is 0.338 e. The molecule has 1 N–H and O–H groups in total. The van der Waals surface area contributed by atoms with Gasteiger partial charge in [-0.2, -0.15) is 5.26 Å². The second kappa shape index (κ2) is 8.14. The number of amides is 1. The van der Waals surface area contributed by atoms with Crippen molar-refractivity contribution in [1.82, 2.24) is 5.32 Å². The van der Waals surface area contributed by atoms with E-state index in [1.165, 1.54) is 24.3 Å². The van der Waals surface area contributed by atoms with Gasteiger partial charge in [0.15, 0.2) is 6.61 Å². The van der Waals surface area contributed by atoms with Crippen LogP contribution in [0.5, 0.6) is 0 Å². The van der Waals surface area contributed by atoms with Crippen molar-refractivity contribution < 1.29 is 14.3 Å². The van der Waals surface area contributed by atoms with Crippen LogP contribution in [0.2, 0.25) is 5.02 Å². The van der Waals surface area contributed by atoms with E-state index >= 15 is 0 Å². The Morgan fingerprint density at radius 1 is 1.21 bits per heavy atom. The lowest BCUT2D eigenvalue weighted by molar-refractivity contribution is -0.124. The van der Waals surface area contributed by atoms with Gasteiger partial charge in [0.2, 0.25) is 0 Å². The first-order valence-corrected chi connectivity index (χ1v) is 7.60. The molecule has 2 aromatic carbocycles. The molecule has 0 radical (unpaired) electrons. The summed E-state index contributed by atoms with van der Waals surface area (Å²) in [6.07, 6.45) is 0. The largest absolute Gasteiger partial charge is 0.452 e. The lowest BCUT2D eigenvalue weighted by atomic mass is 10.1. The summed E-state index contributed by atoms with van der Waals surface area (Å²) in [5.74, 6) is -1.05. The number of benzene rings is 2. The highest BCUT2D eigenvalue weighted by atomic mass is 35.5. The minimum absolute atomic E-state index is 0.279. The highest BCUT2D eigenvalue weighted by Crippen LogP contribution is 2.21. The molecule has 0 spiro atoms. The first-order valence-electron chi connectivity index (χ1n) is 7.22. The van der Waals surface area contributed by atoms with Gasteiger partial charge in [0.25, 0.3) is 5.91 Å². The first kappa shape index (κ1) is 17.5. The average molecular weight is 343 g/mol. The molecule has 1 atom stereocenters. The van der Waals surface area contributed by atoms with Crippen LogP contribution in [0.3, 0.4) is 0 Å². The van der Waals surface area contributed by atoms with Crippen LogP contribution in [0.1, 0.15) is 34.5 Å². The topological polar surface area (TPSA) is 79.2 Å². The molecule has 0 fully saturated rings. The molecule has 6 heteroatoms. The number of nitriles is 1. The van der Waals surface area contributed by atoms with E-state index in [1.54, 1.807) is 19.1 Å². The van der Waals surface area contributed by atoms with Crippen molar-refractivity contribution >= 4 is 23.5 Å². The molecule has 5 nitrogen and oxygen atoms in total. The number of carbonyl (C=O) groups excluding carboxylic acids is 2. The summed E-state index contributed by atoms with van der Waals surface area (Å²) in [6.45, 7) is 1.40. The number of halogens is 1. The van der Waals surface area contributed by atoms with E-state index in [4.69, 9.17) is 21.6 Å². The third-order valence-electron chi connectivity index (χ3n) is 3.33. The molecule has 0 aliphatic carbocycles. The van der Waals surface area contributed by atoms with Crippen LogP contribution in [-0.4, -0.2) is 18.5 Å². The van der Waals surface area contributed by atoms with Crippen LogP contribution in [0, 0.1) is 11.3 Å². The van der Waals surface area contributed by atoms with E-state index in [0.29, 0.717) is 10.6 Å². The number of nitrogens with one attached hydrogen (secondary N) is 1. The summed E-state index contributed by atoms with van der Waals surface area (Å²) in [6, 6.07) is 14.8. The van der Waals surface area contributed by atoms with Gasteiger partial charge < -0.3 is 10.1 Å². The van der Waals surface area contributed by atoms with Gasteiger partial charge in [-0.05, 0) is 42.8 Å². The summed E-state index contributed by atoms with van der Waals surface area (Å²) in [5, 5.41) is 12.0. The standard InChI is InChI=1S/C18H15ClN2O3/c1-12(15-4-2-3-5-16(15)19)21-17(22)11-24-18(23)14-8-6-13(10-20)7-9-14/h2-9,12H,11H2,1H3,(H,21,22)/t12-/m1/s1. The molecule has 0 aliphatic rings. The average Bonchev–Trinajstić information content (AvgIpc) is 2.60. The fourth-order valence-corrected chi connectivity index (χ4v) is 2.38. The summed E-state index contributed by atoms with van der Waals surface area (Å²) in [7, 11) is 0. The summed E-state index contributed by atoms with van der Waals surface area (Å²) < 4.78 is 4.96. The number of rotatable bonds is 5. The molecule has 0 bridgehead atoms. The third-order valence-corrected chi connectivity index (χ3v) is 3.68. The monoisotopic (exact) mass is 342 g/mol. The molecule has 1 amide bonds. The van der Waals surface area contributed by atoms with E-state index in [1.807, 2.05) is 18.2 Å². The van der Waals surface area contributed by atoms with Gasteiger partial charge in [0.05, 0.1) is 23.2 Å². The van der Waals surface area contributed by atoms with Gasteiger partial charge in [-0.15, -0.1) is 0 Å². The zero-order valence-electron chi connectivity index (χ0n) is 13.0. The molecular weight excluding hydrogens is 328 g/mol. The molecule has 2 aromatic rings. The van der Waals surface area contributed by atoms with Gasteiger partial charge in [-0.25, -0.2) is 4.79 Å². The van der Waals surface area contributed by atoms with Crippen molar-refractivity contribution in [2.45, 2.75) is 13.0 Å². The van der Waals surface area contributed by atoms with Crippen molar-refractivity contribution in [3.05, 3.63) is 70.2 Å². The van der Waals surface area contributed by atoms with Crippen molar-refractivity contribution in [3.8, 4) is 6.07 Å². The third kappa shape index (κ3) is 4.58. The lowest BCUT2D eigenvalue weighted by Gasteiger charge is -2.15. The summed E-state index contributed by atoms with van der Waals surface area (Å²) >= 11 is 6.08. The normalized spacial score (nSPS) is 11.2. The van der Waals surface area contributed by atoms with Crippen LogP contribution in [0.25, 0.3) is 0 Å².